The van der Waals surface area contributed by atoms with Gasteiger partial charge in [0.25, 0.3) is 0 Å². The van der Waals surface area contributed by atoms with Gasteiger partial charge < -0.3 is 10.1 Å². The van der Waals surface area contributed by atoms with Crippen molar-refractivity contribution < 1.29 is 9.13 Å². The van der Waals surface area contributed by atoms with Crippen molar-refractivity contribution in [1.82, 2.24) is 9.88 Å². The summed E-state index contributed by atoms with van der Waals surface area (Å²) in [5.74, 6) is -0.232. The second kappa shape index (κ2) is 11.9. The first kappa shape index (κ1) is 23.4. The third kappa shape index (κ3) is 7.13. The quantitative estimate of drug-likeness (QED) is 0.298. The first-order chi connectivity index (χ1) is 16.2. The number of anilines is 1. The van der Waals surface area contributed by atoms with Crippen LogP contribution < -0.4 is 5.32 Å². The number of allylic oxidation sites excluding steroid dienone is 2. The zero-order valence-electron chi connectivity index (χ0n) is 18.6. The van der Waals surface area contributed by atoms with Crippen LogP contribution in [0.4, 0.5) is 10.1 Å². The molecule has 1 aliphatic heterocycles. The summed E-state index contributed by atoms with van der Waals surface area (Å²) >= 11 is 6.25. The molecule has 1 aliphatic rings. The molecule has 0 radical (unpaired) electrons. The Balaban J connectivity index is 1.40. The number of benzene rings is 2. The molecular weight excluding hydrogens is 437 g/mol. The monoisotopic (exact) mass is 465 g/mol. The van der Waals surface area contributed by atoms with Gasteiger partial charge in [-0.15, -0.1) is 0 Å². The fourth-order valence-electron chi connectivity index (χ4n) is 3.85. The van der Waals surface area contributed by atoms with Gasteiger partial charge in [0, 0.05) is 35.7 Å². The molecule has 0 bridgehead atoms. The average molecular weight is 466 g/mol. The van der Waals surface area contributed by atoms with E-state index in [1.165, 1.54) is 12.1 Å². The second-order valence-electron chi connectivity index (χ2n) is 8.11. The molecule has 0 atom stereocenters. The first-order valence-corrected chi connectivity index (χ1v) is 11.8. The van der Waals surface area contributed by atoms with Crippen molar-refractivity contribution in [2.45, 2.75) is 12.8 Å². The second-order valence-corrected chi connectivity index (χ2v) is 8.55. The van der Waals surface area contributed by atoms with Crippen molar-refractivity contribution in [2.75, 3.05) is 44.7 Å². The summed E-state index contributed by atoms with van der Waals surface area (Å²) in [5, 5.41) is 5.31. The Hall–Kier alpha value is -2.73. The zero-order chi connectivity index (χ0) is 22.9. The number of nitrogens with zero attached hydrogens (tertiary/aromatic N) is 2. The minimum absolute atomic E-state index is 0.232. The fourth-order valence-corrected chi connectivity index (χ4v) is 4.03. The summed E-state index contributed by atoms with van der Waals surface area (Å²) in [6.45, 7) is 5.76. The molecule has 3 aromatic rings. The van der Waals surface area contributed by atoms with Gasteiger partial charge in [-0.2, -0.15) is 0 Å². The summed E-state index contributed by atoms with van der Waals surface area (Å²) in [6, 6.07) is 14.2. The van der Waals surface area contributed by atoms with Crippen LogP contribution >= 0.6 is 11.6 Å². The lowest BCUT2D eigenvalue weighted by molar-refractivity contribution is 0.0373. The van der Waals surface area contributed by atoms with E-state index < -0.39 is 0 Å². The van der Waals surface area contributed by atoms with E-state index in [9.17, 15) is 4.39 Å². The van der Waals surface area contributed by atoms with E-state index in [1.807, 2.05) is 42.5 Å². The van der Waals surface area contributed by atoms with Gasteiger partial charge in [-0.1, -0.05) is 42.0 Å². The molecule has 172 valence electrons. The smallest absolute Gasteiger partial charge is 0.123 e. The number of rotatable bonds is 9. The molecule has 4 nitrogen and oxygen atoms in total. The Kier molecular flexibility index (Phi) is 8.47. The molecule has 1 saturated heterocycles. The Bertz CT molecular complexity index is 1110. The van der Waals surface area contributed by atoms with Gasteiger partial charge in [0.1, 0.15) is 5.82 Å². The maximum absolute atomic E-state index is 13.0. The Morgan fingerprint density at radius 2 is 1.79 bits per heavy atom. The highest BCUT2D eigenvalue weighted by Gasteiger charge is 2.09. The number of unbranched alkanes of at least 4 members (excludes halogenated alkanes) is 1. The largest absolute Gasteiger partial charge is 0.384 e. The van der Waals surface area contributed by atoms with Gasteiger partial charge in [-0.3, -0.25) is 4.90 Å². The van der Waals surface area contributed by atoms with E-state index in [0.29, 0.717) is 5.02 Å². The number of halogens is 2. The van der Waals surface area contributed by atoms with Gasteiger partial charge in [-0.25, -0.2) is 9.37 Å². The highest BCUT2D eigenvalue weighted by atomic mass is 35.5. The standard InChI is InChI=1S/C27H29ClFN3O/c28-22-9-12-26-25(19-22)27(30-13-3-4-14-32-15-17-33-18-16-32)20-24(31-26)6-2-1-5-21-7-10-23(29)11-8-21/h1-2,5-12,19-20H,3-4,13-18H2,(H,30,31)/b5-1+,6-2+. The molecule has 0 aliphatic carbocycles. The molecule has 2 heterocycles. The number of hydrogen-bond donors (Lipinski definition) is 1. The molecule has 1 fully saturated rings. The number of fused-ring (bicyclic) bond motifs is 1. The van der Waals surface area contributed by atoms with E-state index in [4.69, 9.17) is 21.3 Å². The molecule has 0 amide bonds. The van der Waals surface area contributed by atoms with E-state index in [2.05, 4.69) is 16.3 Å². The molecule has 1 aromatic heterocycles. The number of morpholine rings is 1. The zero-order valence-corrected chi connectivity index (χ0v) is 19.4. The highest BCUT2D eigenvalue weighted by Crippen LogP contribution is 2.27. The normalized spacial score (nSPS) is 15.1. The van der Waals surface area contributed by atoms with E-state index in [1.54, 1.807) is 12.1 Å². The van der Waals surface area contributed by atoms with Crippen molar-refractivity contribution in [1.29, 1.82) is 0 Å². The van der Waals surface area contributed by atoms with Gasteiger partial charge in [0.2, 0.25) is 0 Å². The fraction of sp³-hybridized carbons (Fsp3) is 0.296. The third-order valence-electron chi connectivity index (χ3n) is 5.65. The van der Waals surface area contributed by atoms with Gasteiger partial charge in [0.05, 0.1) is 24.4 Å². The Labute approximate surface area is 199 Å². The summed E-state index contributed by atoms with van der Waals surface area (Å²) in [4.78, 5) is 7.22. The molecule has 6 heteroatoms. The minimum Gasteiger partial charge on any atom is -0.384 e. The molecule has 1 N–H and O–H groups in total. The van der Waals surface area contributed by atoms with Crippen LogP contribution in [-0.2, 0) is 4.74 Å². The average Bonchev–Trinajstić information content (AvgIpc) is 2.83. The third-order valence-corrected chi connectivity index (χ3v) is 5.88. The van der Waals surface area contributed by atoms with Crippen LogP contribution in [0.15, 0.2) is 60.7 Å². The van der Waals surface area contributed by atoms with Crippen LogP contribution in [0.5, 0.6) is 0 Å². The summed E-state index contributed by atoms with van der Waals surface area (Å²) < 4.78 is 18.5. The summed E-state index contributed by atoms with van der Waals surface area (Å²) in [6.07, 6.45) is 10.0. The van der Waals surface area contributed by atoms with E-state index in [0.717, 1.165) is 80.1 Å². The maximum atomic E-state index is 13.0. The van der Waals surface area contributed by atoms with Crippen molar-refractivity contribution in [3.05, 3.63) is 82.8 Å². The van der Waals surface area contributed by atoms with Gasteiger partial charge in [0.15, 0.2) is 0 Å². The predicted octanol–water partition coefficient (Wildman–Crippen LogP) is 6.28. The van der Waals surface area contributed by atoms with E-state index in [-0.39, 0.29) is 5.82 Å². The molecule has 33 heavy (non-hydrogen) atoms. The van der Waals surface area contributed by atoms with Gasteiger partial charge >= 0.3 is 0 Å². The summed E-state index contributed by atoms with van der Waals surface area (Å²) in [7, 11) is 0. The number of hydrogen-bond acceptors (Lipinski definition) is 4. The van der Waals surface area contributed by atoms with Gasteiger partial charge in [-0.05, 0) is 67.4 Å². The van der Waals surface area contributed by atoms with E-state index >= 15 is 0 Å². The molecule has 4 rings (SSSR count). The minimum atomic E-state index is -0.232. The number of pyridine rings is 1. The Morgan fingerprint density at radius 3 is 2.61 bits per heavy atom. The topological polar surface area (TPSA) is 37.4 Å². The Morgan fingerprint density at radius 1 is 1.00 bits per heavy atom. The summed E-state index contributed by atoms with van der Waals surface area (Å²) in [5.41, 5.74) is 3.75. The maximum Gasteiger partial charge on any atom is 0.123 e. The van der Waals surface area contributed by atoms with Crippen LogP contribution in [0.1, 0.15) is 24.1 Å². The molecule has 2 aromatic carbocycles. The lowest BCUT2D eigenvalue weighted by Crippen LogP contribution is -2.36. The van der Waals surface area contributed by atoms with Crippen LogP contribution in [0.3, 0.4) is 0 Å². The SMILES string of the molecule is Fc1ccc(/C=C/C=C/c2cc(NCCCCN3CCOCC3)c3cc(Cl)ccc3n2)cc1. The lowest BCUT2D eigenvalue weighted by Gasteiger charge is -2.26. The lowest BCUT2D eigenvalue weighted by atomic mass is 10.1. The number of ether oxygens (including phenoxy) is 1. The number of nitrogens with one attached hydrogen (secondary N) is 1. The van der Waals surface area contributed by atoms with Crippen LogP contribution in [0, 0.1) is 5.82 Å². The highest BCUT2D eigenvalue weighted by molar-refractivity contribution is 6.31. The van der Waals surface area contributed by atoms with Crippen LogP contribution in [0.25, 0.3) is 23.1 Å². The first-order valence-electron chi connectivity index (χ1n) is 11.4. The molecular formula is C27H29ClFN3O. The van der Waals surface area contributed by atoms with Crippen molar-refractivity contribution in [2.24, 2.45) is 0 Å². The molecule has 0 unspecified atom stereocenters. The van der Waals surface area contributed by atoms with Crippen LogP contribution in [-0.4, -0.2) is 49.3 Å². The van der Waals surface area contributed by atoms with Crippen LogP contribution in [0.2, 0.25) is 5.02 Å². The number of aromatic nitrogens is 1. The van der Waals surface area contributed by atoms with Crippen molar-refractivity contribution in [3.8, 4) is 0 Å². The molecule has 0 spiro atoms. The molecule has 0 saturated carbocycles. The van der Waals surface area contributed by atoms with Crippen molar-refractivity contribution >= 4 is 40.3 Å². The van der Waals surface area contributed by atoms with Crippen molar-refractivity contribution in [3.63, 3.8) is 0 Å². The predicted molar refractivity (Wildman–Crippen MR) is 136 cm³/mol.